The van der Waals surface area contributed by atoms with Crippen LogP contribution in [0.15, 0.2) is 0 Å². The first-order valence-corrected chi connectivity index (χ1v) is 4.04. The van der Waals surface area contributed by atoms with E-state index in [0.29, 0.717) is 11.3 Å². The zero-order valence-electron chi connectivity index (χ0n) is 6.50. The molecular weight excluding hydrogens is 160 g/mol. The molecule has 0 fully saturated rings. The SMILES string of the molecule is CCn1c(CCN)n[nH]c1=S. The van der Waals surface area contributed by atoms with Crippen LogP contribution in [0.1, 0.15) is 12.7 Å². The predicted octanol–water partition coefficient (Wildman–Crippen LogP) is 0.462. The van der Waals surface area contributed by atoms with Gasteiger partial charge in [0.1, 0.15) is 5.82 Å². The van der Waals surface area contributed by atoms with Crippen molar-refractivity contribution in [3.8, 4) is 0 Å². The van der Waals surface area contributed by atoms with Gasteiger partial charge in [0.05, 0.1) is 0 Å². The second kappa shape index (κ2) is 3.64. The van der Waals surface area contributed by atoms with Gasteiger partial charge in [0.15, 0.2) is 4.77 Å². The fourth-order valence-corrected chi connectivity index (χ4v) is 1.28. The van der Waals surface area contributed by atoms with Crippen LogP contribution in [0.25, 0.3) is 0 Å². The Balaban J connectivity index is 2.96. The number of nitrogens with two attached hydrogens (primary N) is 1. The van der Waals surface area contributed by atoms with Gasteiger partial charge in [-0.25, -0.2) is 0 Å². The number of nitrogens with zero attached hydrogens (tertiary/aromatic N) is 2. The van der Waals surface area contributed by atoms with Crippen molar-refractivity contribution in [2.75, 3.05) is 6.54 Å². The lowest BCUT2D eigenvalue weighted by Crippen LogP contribution is -2.09. The van der Waals surface area contributed by atoms with Crippen LogP contribution < -0.4 is 5.73 Å². The number of aromatic nitrogens is 3. The van der Waals surface area contributed by atoms with E-state index in [1.54, 1.807) is 0 Å². The molecule has 62 valence electrons. The van der Waals surface area contributed by atoms with Crippen molar-refractivity contribution in [3.63, 3.8) is 0 Å². The van der Waals surface area contributed by atoms with E-state index >= 15 is 0 Å². The van der Waals surface area contributed by atoms with E-state index in [1.807, 2.05) is 11.5 Å². The summed E-state index contributed by atoms with van der Waals surface area (Å²) < 4.78 is 2.62. The highest BCUT2D eigenvalue weighted by Crippen LogP contribution is 1.96. The maximum absolute atomic E-state index is 5.39. The number of hydrogen-bond acceptors (Lipinski definition) is 3. The lowest BCUT2D eigenvalue weighted by molar-refractivity contribution is 0.686. The van der Waals surface area contributed by atoms with Crippen LogP contribution in [0.2, 0.25) is 0 Å². The molecule has 1 rings (SSSR count). The summed E-state index contributed by atoms with van der Waals surface area (Å²) in [4.78, 5) is 0. The van der Waals surface area contributed by atoms with Crippen molar-refractivity contribution >= 4 is 12.2 Å². The van der Waals surface area contributed by atoms with E-state index in [1.165, 1.54) is 0 Å². The van der Waals surface area contributed by atoms with Gasteiger partial charge < -0.3 is 10.3 Å². The molecule has 4 nitrogen and oxygen atoms in total. The fraction of sp³-hybridized carbons (Fsp3) is 0.667. The van der Waals surface area contributed by atoms with Crippen LogP contribution in [0.3, 0.4) is 0 Å². The van der Waals surface area contributed by atoms with Gasteiger partial charge in [-0.05, 0) is 25.7 Å². The Kier molecular flexibility index (Phi) is 2.78. The molecule has 0 atom stereocenters. The number of H-pyrrole nitrogens is 1. The Morgan fingerprint density at radius 1 is 1.73 bits per heavy atom. The third-order valence-electron chi connectivity index (χ3n) is 1.52. The molecule has 5 heteroatoms. The average molecular weight is 172 g/mol. The molecule has 0 aromatic carbocycles. The zero-order valence-corrected chi connectivity index (χ0v) is 7.32. The standard InChI is InChI=1S/C6H12N4S/c1-2-10-5(3-4-7)8-9-6(10)11/h2-4,7H2,1H3,(H,9,11). The molecule has 1 heterocycles. The van der Waals surface area contributed by atoms with Crippen molar-refractivity contribution in [1.82, 2.24) is 14.8 Å². The van der Waals surface area contributed by atoms with Gasteiger partial charge in [0, 0.05) is 13.0 Å². The quantitative estimate of drug-likeness (QED) is 0.651. The van der Waals surface area contributed by atoms with Gasteiger partial charge in [-0.2, -0.15) is 5.10 Å². The van der Waals surface area contributed by atoms with Crippen LogP contribution >= 0.6 is 12.2 Å². The maximum atomic E-state index is 5.39. The Morgan fingerprint density at radius 3 is 3.00 bits per heavy atom. The van der Waals surface area contributed by atoms with Crippen LogP contribution in [-0.2, 0) is 13.0 Å². The molecule has 1 aromatic rings. The van der Waals surface area contributed by atoms with Crippen molar-refractivity contribution in [2.24, 2.45) is 5.73 Å². The highest BCUT2D eigenvalue weighted by molar-refractivity contribution is 7.71. The van der Waals surface area contributed by atoms with Crippen LogP contribution in [-0.4, -0.2) is 21.3 Å². The Bertz CT molecular complexity index is 274. The van der Waals surface area contributed by atoms with Gasteiger partial charge in [-0.3, -0.25) is 5.10 Å². The minimum absolute atomic E-state index is 0.611. The summed E-state index contributed by atoms with van der Waals surface area (Å²) in [6.45, 7) is 3.50. The molecule has 0 amide bonds. The highest BCUT2D eigenvalue weighted by Gasteiger charge is 2.01. The molecule has 0 unspecified atom stereocenters. The normalized spacial score (nSPS) is 10.4. The first kappa shape index (κ1) is 8.42. The van der Waals surface area contributed by atoms with Crippen molar-refractivity contribution in [3.05, 3.63) is 10.6 Å². The topological polar surface area (TPSA) is 59.6 Å². The zero-order chi connectivity index (χ0) is 8.27. The summed E-state index contributed by atoms with van der Waals surface area (Å²) in [6, 6.07) is 0. The Hall–Kier alpha value is -0.680. The predicted molar refractivity (Wildman–Crippen MR) is 45.8 cm³/mol. The molecule has 0 aliphatic carbocycles. The Labute approximate surface area is 70.4 Å². The van der Waals surface area contributed by atoms with Crippen molar-refractivity contribution < 1.29 is 0 Å². The lowest BCUT2D eigenvalue weighted by atomic mass is 10.4. The van der Waals surface area contributed by atoms with Gasteiger partial charge >= 0.3 is 0 Å². The number of aromatic amines is 1. The first-order chi connectivity index (χ1) is 5.29. The van der Waals surface area contributed by atoms with E-state index in [9.17, 15) is 0 Å². The van der Waals surface area contributed by atoms with Crippen molar-refractivity contribution in [2.45, 2.75) is 19.9 Å². The minimum atomic E-state index is 0.611. The lowest BCUT2D eigenvalue weighted by Gasteiger charge is -1.99. The maximum Gasteiger partial charge on any atom is 0.195 e. The largest absolute Gasteiger partial charge is 0.330 e. The minimum Gasteiger partial charge on any atom is -0.330 e. The summed E-state index contributed by atoms with van der Waals surface area (Å²) in [5.41, 5.74) is 5.39. The van der Waals surface area contributed by atoms with E-state index in [2.05, 4.69) is 10.2 Å². The number of nitrogens with one attached hydrogen (secondary N) is 1. The second-order valence-corrected chi connectivity index (χ2v) is 2.61. The average Bonchev–Trinajstić information content (AvgIpc) is 2.33. The molecule has 1 aromatic heterocycles. The molecule has 0 aliphatic rings. The molecule has 0 radical (unpaired) electrons. The van der Waals surface area contributed by atoms with E-state index in [4.69, 9.17) is 18.0 Å². The van der Waals surface area contributed by atoms with Crippen LogP contribution in [0, 0.1) is 4.77 Å². The number of hydrogen-bond donors (Lipinski definition) is 2. The molecule has 0 aliphatic heterocycles. The first-order valence-electron chi connectivity index (χ1n) is 3.63. The van der Waals surface area contributed by atoms with E-state index < -0.39 is 0 Å². The second-order valence-electron chi connectivity index (χ2n) is 2.23. The molecular formula is C6H12N4S. The molecule has 3 N–H and O–H groups in total. The van der Waals surface area contributed by atoms with E-state index in [-0.39, 0.29) is 0 Å². The third kappa shape index (κ3) is 1.66. The smallest absolute Gasteiger partial charge is 0.195 e. The fourth-order valence-electron chi connectivity index (χ4n) is 0.996. The number of rotatable bonds is 3. The Morgan fingerprint density at radius 2 is 2.45 bits per heavy atom. The molecule has 0 bridgehead atoms. The van der Waals surface area contributed by atoms with Crippen molar-refractivity contribution in [1.29, 1.82) is 0 Å². The summed E-state index contributed by atoms with van der Waals surface area (Å²) >= 11 is 4.99. The monoisotopic (exact) mass is 172 g/mol. The summed E-state index contributed by atoms with van der Waals surface area (Å²) in [5, 5.41) is 6.78. The van der Waals surface area contributed by atoms with Gasteiger partial charge in [-0.1, -0.05) is 0 Å². The van der Waals surface area contributed by atoms with Gasteiger partial charge in [0.25, 0.3) is 0 Å². The van der Waals surface area contributed by atoms with Gasteiger partial charge in [0.2, 0.25) is 0 Å². The van der Waals surface area contributed by atoms with Gasteiger partial charge in [-0.15, -0.1) is 0 Å². The molecule has 0 spiro atoms. The molecule has 0 saturated carbocycles. The third-order valence-corrected chi connectivity index (χ3v) is 1.83. The van der Waals surface area contributed by atoms with E-state index in [0.717, 1.165) is 18.8 Å². The summed E-state index contributed by atoms with van der Waals surface area (Å²) in [5.74, 6) is 0.944. The molecule has 11 heavy (non-hydrogen) atoms. The highest BCUT2D eigenvalue weighted by atomic mass is 32.1. The summed E-state index contributed by atoms with van der Waals surface area (Å²) in [6.07, 6.45) is 0.779. The summed E-state index contributed by atoms with van der Waals surface area (Å²) in [7, 11) is 0. The van der Waals surface area contributed by atoms with Crippen LogP contribution in [0.5, 0.6) is 0 Å². The van der Waals surface area contributed by atoms with Crippen LogP contribution in [0.4, 0.5) is 0 Å². The molecule has 0 saturated heterocycles.